The van der Waals surface area contributed by atoms with Crippen molar-refractivity contribution in [1.82, 2.24) is 5.32 Å². The van der Waals surface area contributed by atoms with Crippen molar-refractivity contribution < 1.29 is 13.2 Å². The van der Waals surface area contributed by atoms with Crippen LogP contribution >= 0.6 is 11.8 Å². The molecule has 1 atom stereocenters. The van der Waals surface area contributed by atoms with Crippen LogP contribution in [0.25, 0.3) is 0 Å². The van der Waals surface area contributed by atoms with Gasteiger partial charge in [-0.15, -0.1) is 0 Å². The van der Waals surface area contributed by atoms with Crippen molar-refractivity contribution in [2.45, 2.75) is 58.5 Å². The number of hydrogen-bond acceptors (Lipinski definition) is 2. The van der Waals surface area contributed by atoms with Gasteiger partial charge in [0.25, 0.3) is 0 Å². The van der Waals surface area contributed by atoms with Gasteiger partial charge < -0.3 is 5.32 Å². The maximum Gasteiger partial charge on any atom is 0.441 e. The smallest absolute Gasteiger partial charge is 0.314 e. The van der Waals surface area contributed by atoms with E-state index in [1.807, 2.05) is 0 Å². The maximum absolute atomic E-state index is 11.9. The van der Waals surface area contributed by atoms with E-state index in [1.54, 1.807) is 0 Å². The third-order valence-corrected chi connectivity index (χ3v) is 3.47. The Balaban J connectivity index is 3.77. The minimum absolute atomic E-state index is 0.0857. The van der Waals surface area contributed by atoms with E-state index in [2.05, 4.69) is 33.0 Å². The molecule has 0 aromatic carbocycles. The number of unbranched alkanes of at least 4 members (excludes halogenated alkanes) is 1. The van der Waals surface area contributed by atoms with E-state index in [4.69, 9.17) is 0 Å². The van der Waals surface area contributed by atoms with Crippen LogP contribution in [0.15, 0.2) is 0 Å². The van der Waals surface area contributed by atoms with Gasteiger partial charge in [0, 0.05) is 11.8 Å². The molecule has 1 unspecified atom stereocenters. The fourth-order valence-corrected chi connectivity index (χ4v) is 2.31. The van der Waals surface area contributed by atoms with Crippen LogP contribution in [0.5, 0.6) is 0 Å². The summed E-state index contributed by atoms with van der Waals surface area (Å²) in [5.41, 5.74) is -3.92. The molecule has 104 valence electrons. The largest absolute Gasteiger partial charge is 0.441 e. The molecular formula is C12H24F3NS. The zero-order valence-corrected chi connectivity index (χ0v) is 12.0. The van der Waals surface area contributed by atoms with Crippen LogP contribution in [0.3, 0.4) is 0 Å². The van der Waals surface area contributed by atoms with Crippen molar-refractivity contribution in [3.63, 3.8) is 0 Å². The normalized spacial score (nSPS) is 15.0. The van der Waals surface area contributed by atoms with Crippen LogP contribution in [-0.2, 0) is 0 Å². The summed E-state index contributed by atoms with van der Waals surface area (Å²) in [4.78, 5) is 0. The Hall–Kier alpha value is 0.100. The second-order valence-corrected chi connectivity index (χ2v) is 6.43. The topological polar surface area (TPSA) is 12.0 Å². The van der Waals surface area contributed by atoms with Crippen molar-refractivity contribution in [3.05, 3.63) is 0 Å². The fourth-order valence-electron chi connectivity index (χ4n) is 1.73. The molecule has 0 bridgehead atoms. The highest BCUT2D eigenvalue weighted by atomic mass is 32.2. The van der Waals surface area contributed by atoms with Gasteiger partial charge in [-0.3, -0.25) is 0 Å². The summed E-state index contributed by atoms with van der Waals surface area (Å²) in [5.74, 6) is 0.173. The van der Waals surface area contributed by atoms with Crippen LogP contribution in [-0.4, -0.2) is 23.8 Å². The van der Waals surface area contributed by atoms with E-state index in [1.165, 1.54) is 0 Å². The first-order valence-corrected chi connectivity index (χ1v) is 7.09. The molecule has 5 heteroatoms. The zero-order valence-electron chi connectivity index (χ0n) is 11.2. The molecule has 0 saturated heterocycles. The molecule has 1 N–H and O–H groups in total. The van der Waals surface area contributed by atoms with Gasteiger partial charge in [-0.05, 0) is 24.8 Å². The molecule has 0 fully saturated rings. The highest BCUT2D eigenvalue weighted by molar-refractivity contribution is 8.00. The molecule has 1 nitrogen and oxygen atoms in total. The van der Waals surface area contributed by atoms with E-state index >= 15 is 0 Å². The van der Waals surface area contributed by atoms with E-state index in [-0.39, 0.29) is 22.9 Å². The van der Waals surface area contributed by atoms with Crippen molar-refractivity contribution in [2.75, 3.05) is 12.3 Å². The predicted molar refractivity (Wildman–Crippen MR) is 69.3 cm³/mol. The lowest BCUT2D eigenvalue weighted by Gasteiger charge is -2.31. The molecule has 0 aliphatic rings. The Kier molecular flexibility index (Phi) is 7.56. The van der Waals surface area contributed by atoms with Crippen LogP contribution in [0.1, 0.15) is 47.0 Å². The van der Waals surface area contributed by atoms with Gasteiger partial charge in [-0.25, -0.2) is 0 Å². The van der Waals surface area contributed by atoms with Crippen LogP contribution < -0.4 is 5.32 Å². The van der Waals surface area contributed by atoms with E-state index < -0.39 is 5.51 Å². The average molecular weight is 271 g/mol. The summed E-state index contributed by atoms with van der Waals surface area (Å²) in [6.45, 7) is 9.43. The highest BCUT2D eigenvalue weighted by Gasteiger charge is 2.27. The summed E-state index contributed by atoms with van der Waals surface area (Å²) < 4.78 is 35.7. The molecule has 0 spiro atoms. The van der Waals surface area contributed by atoms with E-state index in [0.717, 1.165) is 19.4 Å². The quantitative estimate of drug-likeness (QED) is 0.687. The van der Waals surface area contributed by atoms with Gasteiger partial charge in [-0.2, -0.15) is 13.2 Å². The monoisotopic (exact) mass is 271 g/mol. The molecule has 0 rings (SSSR count). The summed E-state index contributed by atoms with van der Waals surface area (Å²) in [7, 11) is 0. The lowest BCUT2D eigenvalue weighted by molar-refractivity contribution is -0.0328. The van der Waals surface area contributed by atoms with Crippen molar-refractivity contribution in [2.24, 2.45) is 5.41 Å². The number of alkyl halides is 3. The second kappa shape index (κ2) is 7.52. The third-order valence-electron chi connectivity index (χ3n) is 2.65. The number of thioether (sulfide) groups is 1. The zero-order chi connectivity index (χ0) is 13.5. The number of rotatable bonds is 7. The second-order valence-electron chi connectivity index (χ2n) is 5.27. The predicted octanol–water partition coefficient (Wildman–Crippen LogP) is 4.43. The first-order valence-electron chi connectivity index (χ1n) is 6.11. The Morgan fingerprint density at radius 2 is 1.71 bits per heavy atom. The first-order chi connectivity index (χ1) is 7.67. The van der Waals surface area contributed by atoms with Gasteiger partial charge in [0.2, 0.25) is 0 Å². The van der Waals surface area contributed by atoms with Crippen LogP contribution in [0, 0.1) is 5.41 Å². The van der Waals surface area contributed by atoms with Gasteiger partial charge >= 0.3 is 5.51 Å². The molecule has 0 aromatic heterocycles. The van der Waals surface area contributed by atoms with Crippen molar-refractivity contribution >= 4 is 11.8 Å². The number of halogens is 3. The highest BCUT2D eigenvalue weighted by Crippen LogP contribution is 2.31. The molecule has 0 heterocycles. The standard InChI is InChI=1S/C12H24F3NS/c1-5-16-10(11(2,3)4)8-6-7-9-17-12(13,14)15/h10,16H,5-9H2,1-4H3. The summed E-state index contributed by atoms with van der Waals surface area (Å²) >= 11 is 0.0857. The summed E-state index contributed by atoms with van der Waals surface area (Å²) in [6.07, 6.45) is 2.41. The molecule has 0 amide bonds. The fraction of sp³-hybridized carbons (Fsp3) is 1.00. The Morgan fingerprint density at radius 3 is 2.12 bits per heavy atom. The van der Waals surface area contributed by atoms with Gasteiger partial charge in [0.15, 0.2) is 0 Å². The summed E-state index contributed by atoms with van der Waals surface area (Å²) in [5, 5.41) is 3.40. The third kappa shape index (κ3) is 9.77. The van der Waals surface area contributed by atoms with E-state index in [9.17, 15) is 13.2 Å². The Morgan fingerprint density at radius 1 is 1.12 bits per heavy atom. The number of nitrogens with one attached hydrogen (secondary N) is 1. The first kappa shape index (κ1) is 17.1. The SMILES string of the molecule is CCNC(CCCCSC(F)(F)F)C(C)(C)C. The molecule has 0 saturated carbocycles. The van der Waals surface area contributed by atoms with Crippen LogP contribution in [0.2, 0.25) is 0 Å². The molecular weight excluding hydrogens is 247 g/mol. The maximum atomic E-state index is 11.9. The molecule has 0 radical (unpaired) electrons. The minimum Gasteiger partial charge on any atom is -0.314 e. The Bertz CT molecular complexity index is 199. The average Bonchev–Trinajstić information content (AvgIpc) is 2.12. The lowest BCUT2D eigenvalue weighted by Crippen LogP contribution is -2.40. The van der Waals surface area contributed by atoms with Gasteiger partial charge in [0.1, 0.15) is 0 Å². The number of hydrogen-bond donors (Lipinski definition) is 1. The molecule has 0 aromatic rings. The van der Waals surface area contributed by atoms with Gasteiger partial charge in [-0.1, -0.05) is 45.9 Å². The van der Waals surface area contributed by atoms with Crippen molar-refractivity contribution in [3.8, 4) is 0 Å². The van der Waals surface area contributed by atoms with Gasteiger partial charge in [0.05, 0.1) is 0 Å². The van der Waals surface area contributed by atoms with Crippen LogP contribution in [0.4, 0.5) is 13.2 Å². The Labute approximate surface area is 107 Å². The van der Waals surface area contributed by atoms with E-state index in [0.29, 0.717) is 12.5 Å². The van der Waals surface area contributed by atoms with Crippen molar-refractivity contribution in [1.29, 1.82) is 0 Å². The minimum atomic E-state index is -4.08. The lowest BCUT2D eigenvalue weighted by atomic mass is 9.84. The molecule has 0 aliphatic heterocycles. The summed E-state index contributed by atoms with van der Waals surface area (Å²) in [6, 6.07) is 0.378. The molecule has 0 aliphatic carbocycles. The molecule has 17 heavy (non-hydrogen) atoms.